The Morgan fingerprint density at radius 3 is 3.00 bits per heavy atom. The van der Waals surface area contributed by atoms with Crippen LogP contribution in [0.5, 0.6) is 0 Å². The standard InChI is InChI=1S/C5H7NO/c1-2-5-3-4-6-7-5/h3-4H,2H2,1H3. The summed E-state index contributed by atoms with van der Waals surface area (Å²) in [6.07, 6.45) is 2.58. The first-order valence-corrected chi connectivity index (χ1v) is 2.33. The van der Waals surface area contributed by atoms with Gasteiger partial charge in [0, 0.05) is 12.5 Å². The van der Waals surface area contributed by atoms with Crippen molar-refractivity contribution in [2.24, 2.45) is 0 Å². The van der Waals surface area contributed by atoms with Crippen LogP contribution in [0.15, 0.2) is 16.8 Å². The predicted molar refractivity (Wildman–Crippen MR) is 25.9 cm³/mol. The fourth-order valence-corrected chi connectivity index (χ4v) is 0.425. The molecule has 0 fully saturated rings. The van der Waals surface area contributed by atoms with E-state index in [1.807, 2.05) is 13.0 Å². The molecule has 0 radical (unpaired) electrons. The van der Waals surface area contributed by atoms with Crippen LogP contribution in [0.3, 0.4) is 0 Å². The molecule has 7 heavy (non-hydrogen) atoms. The second kappa shape index (κ2) is 1.78. The second-order valence-electron chi connectivity index (χ2n) is 1.33. The van der Waals surface area contributed by atoms with Crippen LogP contribution in [-0.4, -0.2) is 5.16 Å². The van der Waals surface area contributed by atoms with Gasteiger partial charge in [0.1, 0.15) is 5.76 Å². The molecule has 0 aliphatic carbocycles. The Morgan fingerprint density at radius 1 is 1.86 bits per heavy atom. The lowest BCUT2D eigenvalue weighted by atomic mass is 10.4. The minimum atomic E-state index is 0.931. The number of aryl methyl sites for hydroxylation is 1. The first kappa shape index (κ1) is 4.37. The van der Waals surface area contributed by atoms with E-state index in [1.54, 1.807) is 6.20 Å². The van der Waals surface area contributed by atoms with Crippen LogP contribution in [0, 0.1) is 0 Å². The summed E-state index contributed by atoms with van der Waals surface area (Å²) in [5.41, 5.74) is 0. The highest BCUT2D eigenvalue weighted by molar-refractivity contribution is 4.90. The SMILES string of the molecule is CCc1ccno1. The van der Waals surface area contributed by atoms with Crippen molar-refractivity contribution in [2.75, 3.05) is 0 Å². The van der Waals surface area contributed by atoms with E-state index in [0.717, 1.165) is 12.2 Å². The Labute approximate surface area is 42.1 Å². The Bertz CT molecular complexity index is 123. The van der Waals surface area contributed by atoms with Crippen molar-refractivity contribution in [1.29, 1.82) is 0 Å². The molecule has 0 aliphatic rings. The first-order valence-electron chi connectivity index (χ1n) is 2.33. The van der Waals surface area contributed by atoms with E-state index in [0.29, 0.717) is 0 Å². The molecule has 0 aromatic carbocycles. The van der Waals surface area contributed by atoms with Crippen LogP contribution in [0.1, 0.15) is 12.7 Å². The third kappa shape index (κ3) is 0.796. The van der Waals surface area contributed by atoms with Gasteiger partial charge in [-0.1, -0.05) is 12.1 Å². The summed E-state index contributed by atoms with van der Waals surface area (Å²) in [5.74, 6) is 0.944. The largest absolute Gasteiger partial charge is 0.361 e. The first-order chi connectivity index (χ1) is 3.43. The highest BCUT2D eigenvalue weighted by Gasteiger charge is 1.86. The molecule has 2 heteroatoms. The fourth-order valence-electron chi connectivity index (χ4n) is 0.425. The summed E-state index contributed by atoms with van der Waals surface area (Å²) in [4.78, 5) is 0. The number of nitrogens with zero attached hydrogens (tertiary/aromatic N) is 1. The molecular formula is C5H7NO. The van der Waals surface area contributed by atoms with Crippen molar-refractivity contribution >= 4 is 0 Å². The molecule has 0 saturated carbocycles. The Hall–Kier alpha value is -0.790. The molecule has 38 valence electrons. The second-order valence-corrected chi connectivity index (χ2v) is 1.33. The zero-order valence-electron chi connectivity index (χ0n) is 4.22. The van der Waals surface area contributed by atoms with Crippen molar-refractivity contribution in [2.45, 2.75) is 13.3 Å². The zero-order valence-corrected chi connectivity index (χ0v) is 4.22. The van der Waals surface area contributed by atoms with Gasteiger partial charge in [0.2, 0.25) is 0 Å². The Kier molecular flexibility index (Phi) is 1.11. The van der Waals surface area contributed by atoms with Gasteiger partial charge in [-0.3, -0.25) is 0 Å². The summed E-state index contributed by atoms with van der Waals surface area (Å²) in [6, 6.07) is 1.86. The molecule has 0 atom stereocenters. The summed E-state index contributed by atoms with van der Waals surface area (Å²) < 4.78 is 4.73. The topological polar surface area (TPSA) is 26.0 Å². The van der Waals surface area contributed by atoms with Crippen LogP contribution in [0.25, 0.3) is 0 Å². The van der Waals surface area contributed by atoms with Crippen molar-refractivity contribution in [3.8, 4) is 0 Å². The van der Waals surface area contributed by atoms with Gasteiger partial charge in [-0.15, -0.1) is 0 Å². The summed E-state index contributed by atoms with van der Waals surface area (Å²) in [6.45, 7) is 2.03. The van der Waals surface area contributed by atoms with Crippen molar-refractivity contribution < 1.29 is 4.52 Å². The molecular weight excluding hydrogens is 90.1 g/mol. The smallest absolute Gasteiger partial charge is 0.136 e. The van der Waals surface area contributed by atoms with Crippen LogP contribution in [0.2, 0.25) is 0 Å². The lowest BCUT2D eigenvalue weighted by Gasteiger charge is -1.76. The van der Waals surface area contributed by atoms with Gasteiger partial charge in [0.25, 0.3) is 0 Å². The predicted octanol–water partition coefficient (Wildman–Crippen LogP) is 1.24. The third-order valence-electron chi connectivity index (χ3n) is 0.840. The highest BCUT2D eigenvalue weighted by atomic mass is 16.5. The highest BCUT2D eigenvalue weighted by Crippen LogP contribution is 1.94. The maximum atomic E-state index is 4.73. The normalized spacial score (nSPS) is 9.29. The molecule has 0 saturated heterocycles. The molecule has 0 N–H and O–H groups in total. The molecule has 2 nitrogen and oxygen atoms in total. The van der Waals surface area contributed by atoms with E-state index in [9.17, 15) is 0 Å². The lowest BCUT2D eigenvalue weighted by Crippen LogP contribution is -1.67. The van der Waals surface area contributed by atoms with Crippen LogP contribution in [-0.2, 0) is 6.42 Å². The quantitative estimate of drug-likeness (QED) is 0.527. The minimum absolute atomic E-state index is 0.931. The molecule has 0 aliphatic heterocycles. The van der Waals surface area contributed by atoms with E-state index in [-0.39, 0.29) is 0 Å². The zero-order chi connectivity index (χ0) is 5.11. The minimum Gasteiger partial charge on any atom is -0.361 e. The van der Waals surface area contributed by atoms with Crippen LogP contribution in [0.4, 0.5) is 0 Å². The average molecular weight is 97.1 g/mol. The van der Waals surface area contributed by atoms with Crippen LogP contribution < -0.4 is 0 Å². The molecule has 1 aromatic rings. The van der Waals surface area contributed by atoms with E-state index in [2.05, 4.69) is 5.16 Å². The molecule has 0 spiro atoms. The summed E-state index contributed by atoms with van der Waals surface area (Å²) >= 11 is 0. The number of hydrogen-bond acceptors (Lipinski definition) is 2. The van der Waals surface area contributed by atoms with Gasteiger partial charge in [0.05, 0.1) is 6.20 Å². The van der Waals surface area contributed by atoms with Gasteiger partial charge in [-0.2, -0.15) is 0 Å². The maximum absolute atomic E-state index is 4.73. The summed E-state index contributed by atoms with van der Waals surface area (Å²) in [7, 11) is 0. The van der Waals surface area contributed by atoms with E-state index in [1.165, 1.54) is 0 Å². The van der Waals surface area contributed by atoms with Gasteiger partial charge in [0.15, 0.2) is 0 Å². The number of aromatic nitrogens is 1. The van der Waals surface area contributed by atoms with Gasteiger partial charge >= 0.3 is 0 Å². The fraction of sp³-hybridized carbons (Fsp3) is 0.400. The molecule has 1 rings (SSSR count). The van der Waals surface area contributed by atoms with Gasteiger partial charge < -0.3 is 4.52 Å². The van der Waals surface area contributed by atoms with Crippen molar-refractivity contribution in [3.05, 3.63) is 18.0 Å². The Morgan fingerprint density at radius 2 is 2.71 bits per heavy atom. The average Bonchev–Trinajstić information content (AvgIpc) is 2.14. The van der Waals surface area contributed by atoms with Gasteiger partial charge in [-0.05, 0) is 0 Å². The molecule has 0 amide bonds. The maximum Gasteiger partial charge on any atom is 0.136 e. The number of hydrogen-bond donors (Lipinski definition) is 0. The third-order valence-corrected chi connectivity index (χ3v) is 0.840. The summed E-state index contributed by atoms with van der Waals surface area (Å²) in [5, 5.41) is 3.52. The van der Waals surface area contributed by atoms with Crippen molar-refractivity contribution in [1.82, 2.24) is 5.16 Å². The van der Waals surface area contributed by atoms with E-state index in [4.69, 9.17) is 4.52 Å². The lowest BCUT2D eigenvalue weighted by molar-refractivity contribution is 0.387. The number of rotatable bonds is 1. The molecule has 1 heterocycles. The van der Waals surface area contributed by atoms with Crippen LogP contribution >= 0.6 is 0 Å². The van der Waals surface area contributed by atoms with Crippen molar-refractivity contribution in [3.63, 3.8) is 0 Å². The molecule has 0 bridgehead atoms. The molecule has 0 unspecified atom stereocenters. The molecule has 1 aromatic heterocycles. The Balaban J connectivity index is 2.76. The van der Waals surface area contributed by atoms with E-state index < -0.39 is 0 Å². The van der Waals surface area contributed by atoms with E-state index >= 15 is 0 Å². The van der Waals surface area contributed by atoms with Gasteiger partial charge in [-0.25, -0.2) is 0 Å². The monoisotopic (exact) mass is 97.1 g/mol.